The number of methoxy groups -OCH3 is 1. The van der Waals surface area contributed by atoms with Crippen molar-refractivity contribution in [1.29, 1.82) is 0 Å². The molecule has 2 aromatic heterocycles. The van der Waals surface area contributed by atoms with Gasteiger partial charge >= 0.3 is 6.18 Å². The molecule has 0 aliphatic heterocycles. The number of oxazole rings is 1. The van der Waals surface area contributed by atoms with Crippen LogP contribution in [0.4, 0.5) is 13.2 Å². The van der Waals surface area contributed by atoms with E-state index < -0.39 is 11.7 Å². The summed E-state index contributed by atoms with van der Waals surface area (Å²) in [7, 11) is 1.30. The first-order chi connectivity index (χ1) is 11.5. The van der Waals surface area contributed by atoms with Crippen molar-refractivity contribution in [3.63, 3.8) is 0 Å². The zero-order valence-corrected chi connectivity index (χ0v) is 12.4. The van der Waals surface area contributed by atoms with Crippen LogP contribution in [0.5, 0.6) is 5.75 Å². The summed E-state index contributed by atoms with van der Waals surface area (Å²) in [6.45, 7) is 0. The number of hydrogen-bond acceptors (Lipinski definition) is 5. The van der Waals surface area contributed by atoms with E-state index in [0.29, 0.717) is 5.69 Å². The molecule has 3 aromatic rings. The number of ether oxygens (including phenoxy) is 1. The number of hydrogen-bond donors (Lipinski definition) is 0. The molecule has 6 nitrogen and oxygen atoms in total. The van der Waals surface area contributed by atoms with Gasteiger partial charge in [-0.2, -0.15) is 13.2 Å². The highest BCUT2D eigenvalue weighted by atomic mass is 19.4. The largest absolute Gasteiger partial charge is 0.497 e. The predicted octanol–water partition coefficient (Wildman–Crippen LogP) is 3.59. The molecular weight excluding hydrogens is 325 g/mol. The second-order valence-corrected chi connectivity index (χ2v) is 4.73. The molecule has 0 amide bonds. The molecule has 3 rings (SSSR count). The van der Waals surface area contributed by atoms with Crippen LogP contribution in [0, 0.1) is 0 Å². The van der Waals surface area contributed by atoms with Crippen molar-refractivity contribution in [3.8, 4) is 17.1 Å². The van der Waals surface area contributed by atoms with Gasteiger partial charge in [0.15, 0.2) is 12.2 Å². The highest BCUT2D eigenvalue weighted by Gasteiger charge is 2.31. The Morgan fingerprint density at radius 2 is 2.04 bits per heavy atom. The normalized spacial score (nSPS) is 12.0. The van der Waals surface area contributed by atoms with Crippen LogP contribution in [0.3, 0.4) is 0 Å². The molecule has 0 saturated heterocycles. The van der Waals surface area contributed by atoms with E-state index in [1.165, 1.54) is 36.8 Å². The second kappa shape index (κ2) is 6.19. The number of nitrogens with zero attached hydrogens (tertiary/aromatic N) is 4. The first kappa shape index (κ1) is 15.8. The van der Waals surface area contributed by atoms with Crippen LogP contribution in [0.1, 0.15) is 11.3 Å². The van der Waals surface area contributed by atoms with E-state index in [2.05, 4.69) is 15.1 Å². The average molecular weight is 336 g/mol. The molecule has 0 N–H and O–H groups in total. The molecule has 0 aliphatic rings. The van der Waals surface area contributed by atoms with Crippen LogP contribution in [0.25, 0.3) is 23.7 Å². The minimum atomic E-state index is -4.49. The van der Waals surface area contributed by atoms with Crippen molar-refractivity contribution in [1.82, 2.24) is 19.7 Å². The Bertz CT molecular complexity index is 854. The smallest absolute Gasteiger partial charge is 0.416 e. The van der Waals surface area contributed by atoms with Crippen LogP contribution < -0.4 is 4.74 Å². The van der Waals surface area contributed by atoms with Gasteiger partial charge in [0.1, 0.15) is 24.0 Å². The quantitative estimate of drug-likeness (QED) is 0.728. The minimum Gasteiger partial charge on any atom is -0.497 e. The van der Waals surface area contributed by atoms with E-state index in [9.17, 15) is 13.2 Å². The van der Waals surface area contributed by atoms with E-state index in [0.717, 1.165) is 12.1 Å². The van der Waals surface area contributed by atoms with Crippen LogP contribution >= 0.6 is 0 Å². The van der Waals surface area contributed by atoms with Crippen molar-refractivity contribution in [2.75, 3.05) is 7.11 Å². The lowest BCUT2D eigenvalue weighted by atomic mass is 10.1. The Kier molecular flexibility index (Phi) is 4.07. The average Bonchev–Trinajstić information content (AvgIpc) is 3.23. The summed E-state index contributed by atoms with van der Waals surface area (Å²) < 4.78 is 50.0. The maximum absolute atomic E-state index is 13.0. The monoisotopic (exact) mass is 336 g/mol. The molecule has 0 fully saturated rings. The Morgan fingerprint density at radius 1 is 1.21 bits per heavy atom. The summed E-state index contributed by atoms with van der Waals surface area (Å²) >= 11 is 0. The van der Waals surface area contributed by atoms with Gasteiger partial charge in [-0.25, -0.2) is 14.6 Å². The maximum Gasteiger partial charge on any atom is 0.416 e. The van der Waals surface area contributed by atoms with Gasteiger partial charge in [0, 0.05) is 11.8 Å². The van der Waals surface area contributed by atoms with Gasteiger partial charge in [-0.05, 0) is 24.3 Å². The fourth-order valence-corrected chi connectivity index (χ4v) is 1.95. The molecule has 1 aromatic carbocycles. The van der Waals surface area contributed by atoms with Crippen molar-refractivity contribution in [2.45, 2.75) is 6.18 Å². The topological polar surface area (TPSA) is 66.0 Å². The molecule has 0 aliphatic carbocycles. The second-order valence-electron chi connectivity index (χ2n) is 4.73. The highest BCUT2D eigenvalue weighted by Crippen LogP contribution is 2.34. The summed E-state index contributed by atoms with van der Waals surface area (Å²) in [6, 6.07) is 3.34. The molecule has 2 heterocycles. The molecule has 24 heavy (non-hydrogen) atoms. The maximum atomic E-state index is 13.0. The summed E-state index contributed by atoms with van der Waals surface area (Å²) in [5.41, 5.74) is -0.0469. The van der Waals surface area contributed by atoms with Gasteiger partial charge in [-0.3, -0.25) is 0 Å². The fourth-order valence-electron chi connectivity index (χ4n) is 1.95. The molecule has 0 bridgehead atoms. The fraction of sp³-hybridized carbons (Fsp3) is 0.133. The third kappa shape index (κ3) is 3.45. The zero-order valence-electron chi connectivity index (χ0n) is 12.4. The third-order valence-corrected chi connectivity index (χ3v) is 3.09. The summed E-state index contributed by atoms with van der Waals surface area (Å²) in [4.78, 5) is 7.92. The number of alkyl halides is 3. The molecule has 0 spiro atoms. The third-order valence-electron chi connectivity index (χ3n) is 3.09. The Hall–Kier alpha value is -3.10. The minimum absolute atomic E-state index is 0.0781. The predicted molar refractivity (Wildman–Crippen MR) is 78.7 cm³/mol. The summed E-state index contributed by atoms with van der Waals surface area (Å²) in [5.74, 6) is 0.221. The molecule has 9 heteroatoms. The molecule has 0 unspecified atom stereocenters. The Labute approximate surface area is 134 Å². The molecule has 0 radical (unpaired) electrons. The van der Waals surface area contributed by atoms with Crippen molar-refractivity contribution in [3.05, 3.63) is 48.4 Å². The van der Waals surface area contributed by atoms with Gasteiger partial charge in [-0.15, -0.1) is 5.10 Å². The lowest BCUT2D eigenvalue weighted by Crippen LogP contribution is -2.05. The first-order valence-electron chi connectivity index (χ1n) is 6.70. The lowest BCUT2D eigenvalue weighted by molar-refractivity contribution is -0.137. The summed E-state index contributed by atoms with van der Waals surface area (Å²) in [5, 5.41) is 4.12. The van der Waals surface area contributed by atoms with Crippen molar-refractivity contribution in [2.24, 2.45) is 0 Å². The van der Waals surface area contributed by atoms with Gasteiger partial charge in [0.25, 0.3) is 0 Å². The number of rotatable bonds is 4. The van der Waals surface area contributed by atoms with E-state index >= 15 is 0 Å². The van der Waals surface area contributed by atoms with Gasteiger partial charge in [0.2, 0.25) is 0 Å². The molecular formula is C15H11F3N4O2. The van der Waals surface area contributed by atoms with Gasteiger partial charge in [-0.1, -0.05) is 0 Å². The number of benzene rings is 1. The Morgan fingerprint density at radius 3 is 2.71 bits per heavy atom. The molecule has 124 valence electrons. The standard InChI is InChI=1S/C15H11F3N4O2/c1-23-13-5-10(4-11(6-13)15(16,17)18)14-19-8-22(21-14)3-2-12-7-24-9-20-12/h2-9H,1H3/b3-2-. The lowest BCUT2D eigenvalue weighted by Gasteiger charge is -2.10. The van der Waals surface area contributed by atoms with E-state index in [1.807, 2.05) is 0 Å². The van der Waals surface area contributed by atoms with E-state index in [-0.39, 0.29) is 17.1 Å². The van der Waals surface area contributed by atoms with Gasteiger partial charge < -0.3 is 9.15 Å². The van der Waals surface area contributed by atoms with E-state index in [4.69, 9.17) is 9.15 Å². The SMILES string of the molecule is COc1cc(-c2ncn(/C=C\c3cocn3)n2)cc(C(F)(F)F)c1. The van der Waals surface area contributed by atoms with Crippen molar-refractivity contribution >= 4 is 12.3 Å². The van der Waals surface area contributed by atoms with E-state index in [1.54, 1.807) is 12.3 Å². The van der Waals surface area contributed by atoms with Crippen LogP contribution in [0.2, 0.25) is 0 Å². The number of aromatic nitrogens is 4. The molecule has 0 atom stereocenters. The highest BCUT2D eigenvalue weighted by molar-refractivity contribution is 5.61. The van der Waals surface area contributed by atoms with Gasteiger partial charge in [0.05, 0.1) is 12.7 Å². The van der Waals surface area contributed by atoms with Crippen LogP contribution in [0.15, 0.2) is 41.6 Å². The Balaban J connectivity index is 1.92. The van der Waals surface area contributed by atoms with Crippen molar-refractivity contribution < 1.29 is 22.3 Å². The number of halogens is 3. The van der Waals surface area contributed by atoms with Crippen LogP contribution in [-0.4, -0.2) is 26.9 Å². The molecule has 0 saturated carbocycles. The first-order valence-corrected chi connectivity index (χ1v) is 6.70. The van der Waals surface area contributed by atoms with Crippen LogP contribution in [-0.2, 0) is 6.18 Å². The summed E-state index contributed by atoms with van der Waals surface area (Å²) in [6.07, 6.45) is 2.78. The zero-order chi connectivity index (χ0) is 17.2.